The lowest BCUT2D eigenvalue weighted by atomic mass is 10.0. The van der Waals surface area contributed by atoms with E-state index in [4.69, 9.17) is 5.73 Å². The Morgan fingerprint density at radius 3 is 2.36 bits per heavy atom. The monoisotopic (exact) mass is 222 g/mol. The fraction of sp³-hybridized carbons (Fsp3) is 0.857. The predicted molar refractivity (Wildman–Crippen MR) is 49.4 cm³/mol. The van der Waals surface area contributed by atoms with Gasteiger partial charge in [0.15, 0.2) is 0 Å². The van der Waals surface area contributed by atoms with E-state index in [2.05, 4.69) is 4.18 Å². The van der Waals surface area contributed by atoms with Crippen LogP contribution in [0.5, 0.6) is 0 Å². The average molecular weight is 222 g/mol. The summed E-state index contributed by atoms with van der Waals surface area (Å²) < 4.78 is 28.2. The van der Waals surface area contributed by atoms with Gasteiger partial charge >= 0.3 is 10.3 Å². The molecule has 1 saturated heterocycles. The molecule has 2 atom stereocenters. The van der Waals surface area contributed by atoms with Crippen molar-refractivity contribution < 1.29 is 17.4 Å². The molecule has 0 aromatic carbocycles. The Kier molecular flexibility index (Phi) is 2.84. The van der Waals surface area contributed by atoms with Gasteiger partial charge in [-0.2, -0.15) is 8.42 Å². The second-order valence-electron chi connectivity index (χ2n) is 3.50. The molecular weight excluding hydrogens is 208 g/mol. The van der Waals surface area contributed by atoms with Gasteiger partial charge in [0.05, 0.1) is 12.1 Å². The number of carbonyl (C=O) groups excluding carboxylic acids is 1. The normalized spacial score (nSPS) is 28.1. The molecule has 0 bridgehead atoms. The van der Waals surface area contributed by atoms with Crippen LogP contribution in [0, 0.1) is 0 Å². The van der Waals surface area contributed by atoms with Gasteiger partial charge in [0.2, 0.25) is 0 Å². The molecule has 0 radical (unpaired) electrons. The van der Waals surface area contributed by atoms with Crippen molar-refractivity contribution in [2.24, 2.45) is 5.73 Å². The highest BCUT2D eigenvalue weighted by Crippen LogP contribution is 2.23. The molecule has 6 nitrogen and oxygen atoms in total. The topological polar surface area (TPSA) is 89.7 Å². The SMILES string of the molecule is CC(C)OS(=O)(=O)N1C(=O)[C@@H](N)[C@@H]1C. The van der Waals surface area contributed by atoms with E-state index in [9.17, 15) is 13.2 Å². The van der Waals surface area contributed by atoms with Crippen LogP contribution in [0.15, 0.2) is 0 Å². The average Bonchev–Trinajstić information content (AvgIpc) is 2.01. The number of amides is 1. The molecule has 0 aromatic rings. The molecule has 0 aromatic heterocycles. The van der Waals surface area contributed by atoms with Crippen molar-refractivity contribution in [3.05, 3.63) is 0 Å². The minimum atomic E-state index is -3.95. The number of β-lactam (4-membered cyclic amide) rings is 1. The zero-order valence-corrected chi connectivity index (χ0v) is 9.11. The first-order valence-corrected chi connectivity index (χ1v) is 5.66. The molecule has 14 heavy (non-hydrogen) atoms. The summed E-state index contributed by atoms with van der Waals surface area (Å²) >= 11 is 0. The largest absolute Gasteiger partial charge is 0.365 e. The molecule has 1 aliphatic rings. The van der Waals surface area contributed by atoms with Crippen molar-refractivity contribution in [1.82, 2.24) is 4.31 Å². The van der Waals surface area contributed by atoms with Crippen LogP contribution in [-0.4, -0.2) is 36.8 Å². The van der Waals surface area contributed by atoms with Gasteiger partial charge in [-0.25, -0.2) is 4.31 Å². The van der Waals surface area contributed by atoms with E-state index in [1.807, 2.05) is 0 Å². The molecule has 0 aliphatic carbocycles. The third kappa shape index (κ3) is 1.75. The highest BCUT2D eigenvalue weighted by molar-refractivity contribution is 7.85. The maximum Gasteiger partial charge on any atom is 0.365 e. The van der Waals surface area contributed by atoms with Gasteiger partial charge in [-0.05, 0) is 20.8 Å². The molecule has 1 fully saturated rings. The molecule has 82 valence electrons. The first-order chi connectivity index (χ1) is 6.27. The van der Waals surface area contributed by atoms with E-state index >= 15 is 0 Å². The van der Waals surface area contributed by atoms with Gasteiger partial charge in [-0.3, -0.25) is 8.98 Å². The van der Waals surface area contributed by atoms with Crippen LogP contribution in [0.2, 0.25) is 0 Å². The molecule has 1 aliphatic heterocycles. The Morgan fingerprint density at radius 1 is 1.50 bits per heavy atom. The first-order valence-electron chi connectivity index (χ1n) is 4.29. The molecule has 1 amide bonds. The highest BCUT2D eigenvalue weighted by atomic mass is 32.2. The summed E-state index contributed by atoms with van der Waals surface area (Å²) in [5.41, 5.74) is 5.37. The number of nitrogens with two attached hydrogens (primary N) is 1. The van der Waals surface area contributed by atoms with Crippen LogP contribution in [0.3, 0.4) is 0 Å². The Hall–Kier alpha value is -0.660. The Balaban J connectivity index is 2.80. The standard InChI is InChI=1S/C7H14N2O4S/c1-4(2)13-14(11,12)9-5(3)6(8)7(9)10/h4-6H,8H2,1-3H3/t5-,6-/m0/s1. The Labute approximate surface area is 83.3 Å². The van der Waals surface area contributed by atoms with Crippen LogP contribution in [0.4, 0.5) is 0 Å². The predicted octanol–water partition coefficient (Wildman–Crippen LogP) is -0.786. The lowest BCUT2D eigenvalue weighted by Crippen LogP contribution is -2.69. The third-order valence-corrected chi connectivity index (χ3v) is 3.57. The van der Waals surface area contributed by atoms with Crippen molar-refractivity contribution in [2.75, 3.05) is 0 Å². The van der Waals surface area contributed by atoms with E-state index in [-0.39, 0.29) is 0 Å². The summed E-state index contributed by atoms with van der Waals surface area (Å²) in [6.45, 7) is 4.71. The summed E-state index contributed by atoms with van der Waals surface area (Å²) in [7, 11) is -3.95. The quantitative estimate of drug-likeness (QED) is 0.632. The van der Waals surface area contributed by atoms with E-state index in [0.29, 0.717) is 4.31 Å². The van der Waals surface area contributed by atoms with Gasteiger partial charge in [-0.15, -0.1) is 0 Å². The lowest BCUT2D eigenvalue weighted by molar-refractivity contribution is -0.140. The number of rotatable bonds is 3. The minimum Gasteiger partial charge on any atom is -0.318 e. The van der Waals surface area contributed by atoms with Crippen molar-refractivity contribution in [1.29, 1.82) is 0 Å². The van der Waals surface area contributed by atoms with Gasteiger partial charge in [0.1, 0.15) is 6.04 Å². The molecule has 1 rings (SSSR count). The number of nitrogens with zero attached hydrogens (tertiary/aromatic N) is 1. The fourth-order valence-corrected chi connectivity index (χ4v) is 2.68. The third-order valence-electron chi connectivity index (χ3n) is 1.95. The van der Waals surface area contributed by atoms with Gasteiger partial charge in [0, 0.05) is 0 Å². The van der Waals surface area contributed by atoms with Crippen molar-refractivity contribution in [2.45, 2.75) is 39.0 Å². The molecular formula is C7H14N2O4S. The molecule has 0 saturated carbocycles. The Morgan fingerprint density at radius 2 is 2.00 bits per heavy atom. The van der Waals surface area contributed by atoms with Gasteiger partial charge in [0.25, 0.3) is 5.91 Å². The van der Waals surface area contributed by atoms with Crippen LogP contribution in [0.1, 0.15) is 20.8 Å². The summed E-state index contributed by atoms with van der Waals surface area (Å²) in [5.74, 6) is -0.613. The molecule has 0 spiro atoms. The molecule has 1 heterocycles. The van der Waals surface area contributed by atoms with Crippen LogP contribution >= 0.6 is 0 Å². The minimum absolute atomic E-state index is 0.489. The maximum absolute atomic E-state index is 11.4. The first kappa shape index (κ1) is 11.4. The second kappa shape index (κ2) is 3.48. The number of carbonyl (C=O) groups is 1. The number of hydrogen-bond donors (Lipinski definition) is 1. The van der Waals surface area contributed by atoms with E-state index in [0.717, 1.165) is 0 Å². The fourth-order valence-electron chi connectivity index (χ4n) is 1.22. The van der Waals surface area contributed by atoms with E-state index in [1.165, 1.54) is 0 Å². The van der Waals surface area contributed by atoms with Gasteiger partial charge in [-0.1, -0.05) is 0 Å². The van der Waals surface area contributed by atoms with Crippen LogP contribution in [-0.2, 0) is 19.3 Å². The van der Waals surface area contributed by atoms with Crippen molar-refractivity contribution in [3.8, 4) is 0 Å². The van der Waals surface area contributed by atoms with E-state index < -0.39 is 34.4 Å². The van der Waals surface area contributed by atoms with Crippen LogP contribution in [0.25, 0.3) is 0 Å². The summed E-state index contributed by atoms with van der Waals surface area (Å²) in [5, 5.41) is 0. The van der Waals surface area contributed by atoms with Crippen molar-refractivity contribution in [3.63, 3.8) is 0 Å². The summed E-state index contributed by atoms with van der Waals surface area (Å²) in [6.07, 6.45) is -0.489. The molecule has 2 N–H and O–H groups in total. The summed E-state index contributed by atoms with van der Waals surface area (Å²) in [4.78, 5) is 11.1. The molecule has 7 heteroatoms. The summed E-state index contributed by atoms with van der Waals surface area (Å²) in [6, 6.07) is -1.26. The number of hydrogen-bond acceptors (Lipinski definition) is 5. The Bertz CT molecular complexity index is 338. The van der Waals surface area contributed by atoms with Crippen LogP contribution < -0.4 is 5.73 Å². The smallest absolute Gasteiger partial charge is 0.318 e. The molecule has 0 unspecified atom stereocenters. The second-order valence-corrected chi connectivity index (χ2v) is 4.94. The lowest BCUT2D eigenvalue weighted by Gasteiger charge is -2.41. The van der Waals surface area contributed by atoms with Gasteiger partial charge < -0.3 is 5.73 Å². The zero-order chi connectivity index (χ0) is 11.1. The van der Waals surface area contributed by atoms with E-state index in [1.54, 1.807) is 20.8 Å². The zero-order valence-electron chi connectivity index (χ0n) is 8.30. The van der Waals surface area contributed by atoms with Crippen molar-refractivity contribution >= 4 is 16.2 Å². The maximum atomic E-state index is 11.4. The highest BCUT2D eigenvalue weighted by Gasteiger charge is 2.49.